The summed E-state index contributed by atoms with van der Waals surface area (Å²) in [6.45, 7) is 0. The van der Waals surface area contributed by atoms with Crippen LogP contribution in [0, 0.1) is 11.3 Å². The molecule has 0 saturated heterocycles. The van der Waals surface area contributed by atoms with Gasteiger partial charge in [-0.1, -0.05) is 23.7 Å². The highest BCUT2D eigenvalue weighted by molar-refractivity contribution is 6.17. The Morgan fingerprint density at radius 3 is 2.58 bits per heavy atom. The zero-order valence-electron chi connectivity index (χ0n) is 12.8. The first-order valence-corrected chi connectivity index (χ1v) is 7.64. The van der Waals surface area contributed by atoms with Gasteiger partial charge in [0.2, 0.25) is 0 Å². The molecule has 0 aliphatic carbocycles. The van der Waals surface area contributed by atoms with E-state index >= 15 is 0 Å². The zero-order valence-corrected chi connectivity index (χ0v) is 13.6. The Balaban J connectivity index is 2.34. The molecule has 120 valence electrons. The van der Waals surface area contributed by atoms with Crippen molar-refractivity contribution in [1.29, 1.82) is 5.26 Å². The minimum Gasteiger partial charge on any atom is -0.497 e. The summed E-state index contributed by atoms with van der Waals surface area (Å²) in [7, 11) is 1.57. The predicted octanol–water partition coefficient (Wildman–Crippen LogP) is 3.45. The minimum absolute atomic E-state index is 0.0628. The molecular formula is C18H13ClN2O3. The van der Waals surface area contributed by atoms with Crippen LogP contribution in [-0.4, -0.2) is 17.7 Å². The molecule has 1 heterocycles. The first-order valence-electron chi connectivity index (χ1n) is 7.11. The molecular weight excluding hydrogens is 328 g/mol. The molecule has 6 heteroatoms. The second-order valence-electron chi connectivity index (χ2n) is 4.96. The number of pyridine rings is 1. The fourth-order valence-electron chi connectivity index (χ4n) is 2.56. The van der Waals surface area contributed by atoms with Gasteiger partial charge < -0.3 is 9.47 Å². The van der Waals surface area contributed by atoms with Crippen molar-refractivity contribution < 1.29 is 9.47 Å². The monoisotopic (exact) mass is 340 g/mol. The summed E-state index contributed by atoms with van der Waals surface area (Å²) in [5, 5.41) is 10.2. The molecule has 0 atom stereocenters. The summed E-state index contributed by atoms with van der Waals surface area (Å²) < 4.78 is 12.0. The van der Waals surface area contributed by atoms with Gasteiger partial charge in [-0.15, -0.1) is 0 Å². The topological polar surface area (TPSA) is 64.2 Å². The fraction of sp³-hybridized carbons (Fsp3) is 0.111. The van der Waals surface area contributed by atoms with Crippen molar-refractivity contribution in [3.63, 3.8) is 0 Å². The molecule has 0 saturated carbocycles. The Labute approximate surface area is 143 Å². The molecule has 0 aliphatic heterocycles. The number of methoxy groups -OCH3 is 1. The van der Waals surface area contributed by atoms with Gasteiger partial charge >= 0.3 is 0 Å². The number of fused-ring (bicyclic) bond motifs is 1. The lowest BCUT2D eigenvalue weighted by Crippen LogP contribution is -2.19. The lowest BCUT2D eigenvalue weighted by molar-refractivity contribution is 0.390. The summed E-state index contributed by atoms with van der Waals surface area (Å²) >= 11 is 5.70. The van der Waals surface area contributed by atoms with Gasteiger partial charge in [0.05, 0.1) is 30.3 Å². The van der Waals surface area contributed by atoms with E-state index in [0.29, 0.717) is 33.5 Å². The number of rotatable bonds is 4. The van der Waals surface area contributed by atoms with Crippen molar-refractivity contribution in [2.45, 2.75) is 0 Å². The Morgan fingerprint density at radius 1 is 1.21 bits per heavy atom. The zero-order chi connectivity index (χ0) is 17.1. The van der Waals surface area contributed by atoms with E-state index in [1.165, 1.54) is 4.57 Å². The van der Waals surface area contributed by atoms with Crippen LogP contribution in [0.5, 0.6) is 11.5 Å². The molecule has 3 rings (SSSR count). The highest BCUT2D eigenvalue weighted by atomic mass is 35.5. The van der Waals surface area contributed by atoms with E-state index < -0.39 is 0 Å². The molecule has 0 spiro atoms. The Hall–Kier alpha value is -2.97. The van der Waals surface area contributed by atoms with Crippen LogP contribution in [0.25, 0.3) is 16.5 Å². The third-order valence-electron chi connectivity index (χ3n) is 3.69. The second kappa shape index (κ2) is 6.65. The number of hydrogen-bond acceptors (Lipinski definition) is 4. The van der Waals surface area contributed by atoms with Crippen molar-refractivity contribution in [3.8, 4) is 23.3 Å². The van der Waals surface area contributed by atoms with Crippen LogP contribution in [0.15, 0.2) is 53.5 Å². The number of halogens is 1. The van der Waals surface area contributed by atoms with Crippen LogP contribution in [0.2, 0.25) is 0 Å². The van der Waals surface area contributed by atoms with Crippen LogP contribution >= 0.6 is 11.6 Å². The van der Waals surface area contributed by atoms with Gasteiger partial charge in [0.15, 0.2) is 6.07 Å². The summed E-state index contributed by atoms with van der Waals surface area (Å²) in [6.07, 6.45) is 1.58. The van der Waals surface area contributed by atoms with E-state index in [0.717, 1.165) is 0 Å². The summed E-state index contributed by atoms with van der Waals surface area (Å²) in [4.78, 5) is 12.9. The van der Waals surface area contributed by atoms with Crippen LogP contribution in [0.1, 0.15) is 5.56 Å². The predicted molar refractivity (Wildman–Crippen MR) is 92.2 cm³/mol. The number of nitrogens with zero attached hydrogens (tertiary/aromatic N) is 2. The molecule has 0 fully saturated rings. The van der Waals surface area contributed by atoms with E-state index in [-0.39, 0.29) is 11.6 Å². The van der Waals surface area contributed by atoms with Crippen LogP contribution in [-0.2, 0) is 0 Å². The van der Waals surface area contributed by atoms with E-state index in [1.807, 2.05) is 0 Å². The summed E-state index contributed by atoms with van der Waals surface area (Å²) in [6, 6.07) is 14.1. The molecule has 2 aromatic carbocycles. The first-order chi connectivity index (χ1) is 11.7. The lowest BCUT2D eigenvalue weighted by Gasteiger charge is -2.13. The van der Waals surface area contributed by atoms with Crippen molar-refractivity contribution in [2.24, 2.45) is 0 Å². The van der Waals surface area contributed by atoms with E-state index in [9.17, 15) is 10.1 Å². The van der Waals surface area contributed by atoms with Gasteiger partial charge in [0, 0.05) is 11.1 Å². The number of benzene rings is 2. The van der Waals surface area contributed by atoms with E-state index in [2.05, 4.69) is 6.07 Å². The number of ether oxygens (including phenoxy) is 2. The van der Waals surface area contributed by atoms with Gasteiger partial charge in [-0.2, -0.15) is 5.26 Å². The van der Waals surface area contributed by atoms with Crippen LogP contribution in [0.4, 0.5) is 0 Å². The highest BCUT2D eigenvalue weighted by Crippen LogP contribution is 2.27. The Kier molecular flexibility index (Phi) is 4.41. The Bertz CT molecular complexity index is 988. The molecule has 5 nitrogen and oxygen atoms in total. The minimum atomic E-state index is -0.297. The molecule has 0 amide bonds. The number of hydrogen-bond donors (Lipinski definition) is 0. The average molecular weight is 341 g/mol. The van der Waals surface area contributed by atoms with Gasteiger partial charge in [0.1, 0.15) is 11.5 Å². The molecule has 0 radical (unpaired) electrons. The van der Waals surface area contributed by atoms with Crippen molar-refractivity contribution >= 4 is 22.4 Å². The summed E-state index contributed by atoms with van der Waals surface area (Å²) in [5.41, 5.74) is 0.629. The molecule has 0 unspecified atom stereocenters. The largest absolute Gasteiger partial charge is 0.497 e. The molecule has 0 bridgehead atoms. The highest BCUT2D eigenvalue weighted by Gasteiger charge is 2.14. The molecule has 0 aliphatic rings. The maximum absolute atomic E-state index is 12.9. The third kappa shape index (κ3) is 2.68. The van der Waals surface area contributed by atoms with Gasteiger partial charge in [0.25, 0.3) is 5.56 Å². The van der Waals surface area contributed by atoms with Gasteiger partial charge in [-0.25, -0.2) is 0 Å². The molecule has 24 heavy (non-hydrogen) atoms. The Morgan fingerprint density at radius 2 is 1.96 bits per heavy atom. The SMILES string of the molecule is COc1ccc(-n2cc(OCCl)c3cccc(C#N)c3c2=O)cc1. The van der Waals surface area contributed by atoms with Crippen LogP contribution in [0.3, 0.4) is 0 Å². The fourth-order valence-corrected chi connectivity index (χ4v) is 2.67. The summed E-state index contributed by atoms with van der Waals surface area (Å²) in [5.74, 6) is 1.12. The quantitative estimate of drug-likeness (QED) is 0.682. The maximum Gasteiger partial charge on any atom is 0.264 e. The van der Waals surface area contributed by atoms with Crippen molar-refractivity contribution in [2.75, 3.05) is 13.2 Å². The van der Waals surface area contributed by atoms with Crippen molar-refractivity contribution in [1.82, 2.24) is 4.57 Å². The van der Waals surface area contributed by atoms with E-state index in [4.69, 9.17) is 21.1 Å². The van der Waals surface area contributed by atoms with Gasteiger partial charge in [-0.3, -0.25) is 9.36 Å². The molecule has 1 aromatic heterocycles. The lowest BCUT2D eigenvalue weighted by atomic mass is 10.1. The first kappa shape index (κ1) is 15.9. The van der Waals surface area contributed by atoms with E-state index in [1.54, 1.807) is 55.8 Å². The second-order valence-corrected chi connectivity index (χ2v) is 5.18. The van der Waals surface area contributed by atoms with Gasteiger partial charge in [-0.05, 0) is 30.3 Å². The third-order valence-corrected chi connectivity index (χ3v) is 3.80. The molecule has 0 N–H and O–H groups in total. The van der Waals surface area contributed by atoms with Crippen LogP contribution < -0.4 is 15.0 Å². The smallest absolute Gasteiger partial charge is 0.264 e. The standard InChI is InChI=1S/C18H13ClN2O3/c1-23-14-7-5-13(6-8-14)21-10-16(24-11-19)15-4-2-3-12(9-20)17(15)18(21)22/h2-8,10H,11H2,1H3. The number of nitriles is 1. The molecule has 3 aromatic rings. The normalized spacial score (nSPS) is 10.4. The average Bonchev–Trinajstić information content (AvgIpc) is 2.63. The number of alkyl halides is 1. The van der Waals surface area contributed by atoms with Crippen molar-refractivity contribution in [3.05, 3.63) is 64.6 Å². The maximum atomic E-state index is 12.9. The number of aromatic nitrogens is 1.